The first-order valence-corrected chi connectivity index (χ1v) is 3.58. The van der Waals surface area contributed by atoms with Gasteiger partial charge in [-0.25, -0.2) is 0 Å². The monoisotopic (exact) mass is 127 g/mol. The number of nitrogens with one attached hydrogen (secondary N) is 1. The fourth-order valence-corrected chi connectivity index (χ4v) is 0.411. The summed E-state index contributed by atoms with van der Waals surface area (Å²) in [7, 11) is 0. The fraction of sp³-hybridized carbons (Fsp3) is 0.750. The Kier molecular flexibility index (Phi) is 4.20. The zero-order valence-corrected chi connectivity index (χ0v) is 6.86. The van der Waals surface area contributed by atoms with Crippen LogP contribution in [0.1, 0.15) is 34.1 Å². The second-order valence-electron chi connectivity index (χ2n) is 2.67. The Balaban J connectivity index is 3.43. The molecule has 0 aliphatic carbocycles. The predicted molar refractivity (Wildman–Crippen MR) is 42.3 cm³/mol. The van der Waals surface area contributed by atoms with Crippen molar-refractivity contribution in [2.45, 2.75) is 40.2 Å². The number of hydrogen-bond acceptors (Lipinski definition) is 1. The van der Waals surface area contributed by atoms with E-state index in [0.717, 1.165) is 6.42 Å². The Bertz CT molecular complexity index is 92.7. The summed E-state index contributed by atoms with van der Waals surface area (Å²) < 4.78 is 0. The third-order valence-electron chi connectivity index (χ3n) is 1.22. The molecule has 0 rings (SSSR count). The van der Waals surface area contributed by atoms with Crippen LogP contribution in [-0.4, -0.2) is 6.04 Å². The lowest BCUT2D eigenvalue weighted by atomic mass is 10.2. The van der Waals surface area contributed by atoms with Gasteiger partial charge >= 0.3 is 0 Å². The quantitative estimate of drug-likeness (QED) is 0.613. The average Bonchev–Trinajstić information content (AvgIpc) is 1.83. The average molecular weight is 127 g/mol. The van der Waals surface area contributed by atoms with Crippen molar-refractivity contribution in [3.8, 4) is 0 Å². The van der Waals surface area contributed by atoms with Gasteiger partial charge in [-0.15, -0.1) is 0 Å². The molecule has 0 aromatic heterocycles. The van der Waals surface area contributed by atoms with Crippen molar-refractivity contribution >= 4 is 0 Å². The zero-order chi connectivity index (χ0) is 7.28. The van der Waals surface area contributed by atoms with Crippen LogP contribution in [-0.2, 0) is 0 Å². The van der Waals surface area contributed by atoms with Crippen LogP contribution in [0.2, 0.25) is 0 Å². The minimum absolute atomic E-state index is 0.562. The van der Waals surface area contributed by atoms with Gasteiger partial charge in [-0.3, -0.25) is 0 Å². The van der Waals surface area contributed by atoms with Gasteiger partial charge in [0.15, 0.2) is 0 Å². The first-order valence-electron chi connectivity index (χ1n) is 3.58. The van der Waals surface area contributed by atoms with Gasteiger partial charge in [0.2, 0.25) is 0 Å². The molecule has 0 aliphatic heterocycles. The molecule has 0 spiro atoms. The topological polar surface area (TPSA) is 12.0 Å². The van der Waals surface area contributed by atoms with Crippen LogP contribution in [0.4, 0.5) is 0 Å². The van der Waals surface area contributed by atoms with Crippen molar-refractivity contribution in [1.29, 1.82) is 0 Å². The lowest BCUT2D eigenvalue weighted by Crippen LogP contribution is -2.15. The second kappa shape index (κ2) is 4.42. The Hall–Kier alpha value is -0.460. The summed E-state index contributed by atoms with van der Waals surface area (Å²) >= 11 is 0. The maximum absolute atomic E-state index is 3.23. The van der Waals surface area contributed by atoms with Gasteiger partial charge in [-0.05, 0) is 33.4 Å². The molecule has 0 bridgehead atoms. The maximum Gasteiger partial charge on any atom is 0.0199 e. The fourth-order valence-electron chi connectivity index (χ4n) is 0.411. The van der Waals surface area contributed by atoms with Crippen molar-refractivity contribution in [3.05, 3.63) is 11.8 Å². The molecule has 1 heteroatoms. The van der Waals surface area contributed by atoms with Crippen molar-refractivity contribution in [2.75, 3.05) is 0 Å². The second-order valence-corrected chi connectivity index (χ2v) is 2.67. The standard InChI is InChI=1S/C8H17N/c1-5-8(4)6-9-7(2)3/h6-7,9H,5H2,1-4H3/b8-6+. The van der Waals surface area contributed by atoms with Crippen molar-refractivity contribution < 1.29 is 0 Å². The van der Waals surface area contributed by atoms with Gasteiger partial charge in [0.05, 0.1) is 0 Å². The van der Waals surface area contributed by atoms with E-state index in [9.17, 15) is 0 Å². The highest BCUT2D eigenvalue weighted by molar-refractivity contribution is 4.95. The third kappa shape index (κ3) is 5.41. The molecule has 0 fully saturated rings. The minimum Gasteiger partial charge on any atom is -0.389 e. The predicted octanol–water partition coefficient (Wildman–Crippen LogP) is 2.30. The first-order chi connectivity index (χ1) is 4.16. The Morgan fingerprint density at radius 2 is 2.11 bits per heavy atom. The van der Waals surface area contributed by atoms with E-state index in [-0.39, 0.29) is 0 Å². The van der Waals surface area contributed by atoms with E-state index in [2.05, 4.69) is 39.2 Å². The molecule has 0 saturated heterocycles. The third-order valence-corrected chi connectivity index (χ3v) is 1.22. The summed E-state index contributed by atoms with van der Waals surface area (Å²) in [5.41, 5.74) is 1.41. The SMILES string of the molecule is CC/C(C)=C/NC(C)C. The number of allylic oxidation sites excluding steroid dienone is 1. The number of hydrogen-bond donors (Lipinski definition) is 1. The molecule has 0 aromatic carbocycles. The molecule has 0 aliphatic rings. The Morgan fingerprint density at radius 1 is 1.56 bits per heavy atom. The Morgan fingerprint density at radius 3 is 2.44 bits per heavy atom. The highest BCUT2D eigenvalue weighted by atomic mass is 14.9. The molecular formula is C8H17N. The van der Waals surface area contributed by atoms with Crippen LogP contribution in [0.3, 0.4) is 0 Å². The molecule has 0 amide bonds. The van der Waals surface area contributed by atoms with Gasteiger partial charge in [-0.2, -0.15) is 0 Å². The smallest absolute Gasteiger partial charge is 0.0199 e. The molecule has 0 unspecified atom stereocenters. The summed E-state index contributed by atoms with van der Waals surface area (Å²) in [5.74, 6) is 0. The van der Waals surface area contributed by atoms with E-state index >= 15 is 0 Å². The van der Waals surface area contributed by atoms with Crippen LogP contribution < -0.4 is 5.32 Å². The summed E-state index contributed by atoms with van der Waals surface area (Å²) in [4.78, 5) is 0. The molecule has 54 valence electrons. The van der Waals surface area contributed by atoms with E-state index < -0.39 is 0 Å². The van der Waals surface area contributed by atoms with E-state index in [1.807, 2.05) is 0 Å². The van der Waals surface area contributed by atoms with E-state index in [1.165, 1.54) is 5.57 Å². The maximum atomic E-state index is 3.23. The lowest BCUT2D eigenvalue weighted by Gasteiger charge is -2.04. The lowest BCUT2D eigenvalue weighted by molar-refractivity contribution is 0.696. The summed E-state index contributed by atoms with van der Waals surface area (Å²) in [6.45, 7) is 8.57. The molecule has 1 N–H and O–H groups in total. The van der Waals surface area contributed by atoms with Gasteiger partial charge in [0, 0.05) is 6.04 Å². The minimum atomic E-state index is 0.562. The summed E-state index contributed by atoms with van der Waals surface area (Å²) in [6.07, 6.45) is 3.23. The van der Waals surface area contributed by atoms with Crippen LogP contribution in [0.5, 0.6) is 0 Å². The largest absolute Gasteiger partial charge is 0.389 e. The highest BCUT2D eigenvalue weighted by Crippen LogP contribution is 1.94. The normalized spacial score (nSPS) is 12.3. The molecule has 0 saturated carbocycles. The molecule has 0 radical (unpaired) electrons. The van der Waals surface area contributed by atoms with Gasteiger partial charge in [0.25, 0.3) is 0 Å². The first kappa shape index (κ1) is 8.54. The van der Waals surface area contributed by atoms with E-state index in [4.69, 9.17) is 0 Å². The van der Waals surface area contributed by atoms with E-state index in [0.29, 0.717) is 6.04 Å². The highest BCUT2D eigenvalue weighted by Gasteiger charge is 1.85. The molecule has 0 aromatic rings. The zero-order valence-electron chi connectivity index (χ0n) is 6.86. The van der Waals surface area contributed by atoms with Crippen molar-refractivity contribution in [3.63, 3.8) is 0 Å². The van der Waals surface area contributed by atoms with Crippen LogP contribution in [0, 0.1) is 0 Å². The molecule has 9 heavy (non-hydrogen) atoms. The molecule has 1 nitrogen and oxygen atoms in total. The number of rotatable bonds is 3. The van der Waals surface area contributed by atoms with Gasteiger partial charge in [-0.1, -0.05) is 12.5 Å². The van der Waals surface area contributed by atoms with Gasteiger partial charge < -0.3 is 5.32 Å². The summed E-state index contributed by atoms with van der Waals surface area (Å²) in [5, 5.41) is 3.23. The van der Waals surface area contributed by atoms with Crippen LogP contribution in [0.15, 0.2) is 11.8 Å². The molecular weight excluding hydrogens is 110 g/mol. The summed E-state index contributed by atoms with van der Waals surface area (Å²) in [6, 6.07) is 0.562. The van der Waals surface area contributed by atoms with Crippen LogP contribution >= 0.6 is 0 Å². The van der Waals surface area contributed by atoms with Crippen LogP contribution in [0.25, 0.3) is 0 Å². The van der Waals surface area contributed by atoms with E-state index in [1.54, 1.807) is 0 Å². The molecule has 0 heterocycles. The van der Waals surface area contributed by atoms with Crippen molar-refractivity contribution in [2.24, 2.45) is 0 Å². The van der Waals surface area contributed by atoms with Crippen molar-refractivity contribution in [1.82, 2.24) is 5.32 Å². The van der Waals surface area contributed by atoms with Gasteiger partial charge in [0.1, 0.15) is 0 Å². The molecule has 0 atom stereocenters. The Labute approximate surface area is 58.2 Å².